The summed E-state index contributed by atoms with van der Waals surface area (Å²) < 4.78 is 0. The lowest BCUT2D eigenvalue weighted by Crippen LogP contribution is -2.62. The van der Waals surface area contributed by atoms with Gasteiger partial charge in [-0.15, -0.1) is 0 Å². The van der Waals surface area contributed by atoms with E-state index in [1.807, 2.05) is 6.92 Å². The molecule has 0 bridgehead atoms. The smallest absolute Gasteiger partial charge is 0.326 e. The van der Waals surface area contributed by atoms with Crippen LogP contribution in [0.1, 0.15) is 72.3 Å². The summed E-state index contributed by atoms with van der Waals surface area (Å²) in [4.78, 5) is 112. The van der Waals surface area contributed by atoms with Gasteiger partial charge in [0.05, 0.1) is 25.2 Å². The Labute approximate surface area is 364 Å². The molecule has 2 aromatic rings. The molecule has 63 heavy (non-hydrogen) atoms. The van der Waals surface area contributed by atoms with Gasteiger partial charge in [0.15, 0.2) is 5.96 Å². The van der Waals surface area contributed by atoms with Crippen molar-refractivity contribution >= 4 is 64.2 Å². The zero-order chi connectivity index (χ0) is 47.6. The van der Waals surface area contributed by atoms with Crippen LogP contribution in [0.3, 0.4) is 0 Å². The molecule has 0 spiro atoms. The van der Waals surface area contributed by atoms with E-state index in [4.69, 9.17) is 17.2 Å². The van der Waals surface area contributed by atoms with Crippen LogP contribution in [0.25, 0.3) is 10.9 Å². The number of amides is 6. The fraction of sp³-hybridized carbons (Fsp3) is 0.575. The number of aliphatic imine (C=N–C) groups is 1. The van der Waals surface area contributed by atoms with E-state index in [1.165, 1.54) is 0 Å². The average molecular weight is 890 g/mol. The van der Waals surface area contributed by atoms with Gasteiger partial charge < -0.3 is 74.5 Å². The molecule has 0 fully saturated rings. The Balaban J connectivity index is 2.45. The van der Waals surface area contributed by atoms with E-state index in [2.05, 4.69) is 41.9 Å². The molecule has 0 saturated heterocycles. The van der Waals surface area contributed by atoms with E-state index < -0.39 is 109 Å². The highest BCUT2D eigenvalue weighted by Crippen LogP contribution is 2.20. The number of H-pyrrole nitrogens is 1. The number of benzene rings is 1. The van der Waals surface area contributed by atoms with Gasteiger partial charge in [-0.2, -0.15) is 0 Å². The minimum absolute atomic E-state index is 0.00721. The lowest BCUT2D eigenvalue weighted by Gasteiger charge is -2.28. The number of nitrogens with one attached hydrogen (secondary N) is 7. The van der Waals surface area contributed by atoms with E-state index in [0.717, 1.165) is 6.92 Å². The van der Waals surface area contributed by atoms with Gasteiger partial charge >= 0.3 is 11.9 Å². The number of hydrogen-bond acceptors (Lipinski definition) is 12. The number of guanidine groups is 1. The van der Waals surface area contributed by atoms with Crippen molar-refractivity contribution in [2.75, 3.05) is 13.2 Å². The molecule has 0 aliphatic rings. The molecule has 6 amide bonds. The summed E-state index contributed by atoms with van der Waals surface area (Å²) >= 11 is 0. The molecule has 0 radical (unpaired) electrons. The lowest BCUT2D eigenvalue weighted by atomic mass is 9.98. The van der Waals surface area contributed by atoms with Gasteiger partial charge in [-0.1, -0.05) is 52.3 Å². The summed E-state index contributed by atoms with van der Waals surface area (Å²) in [5.74, 6) is -9.65. The predicted molar refractivity (Wildman–Crippen MR) is 229 cm³/mol. The fourth-order valence-electron chi connectivity index (χ4n) is 6.29. The monoisotopic (exact) mass is 889 g/mol. The van der Waals surface area contributed by atoms with Crippen molar-refractivity contribution in [3.63, 3.8) is 0 Å². The first-order valence-corrected chi connectivity index (χ1v) is 20.5. The quantitative estimate of drug-likeness (QED) is 0.0242. The van der Waals surface area contributed by atoms with Crippen LogP contribution in [-0.2, 0) is 44.8 Å². The highest BCUT2D eigenvalue weighted by Gasteiger charge is 2.36. The minimum atomic E-state index is -1.93. The summed E-state index contributed by atoms with van der Waals surface area (Å²) in [6.07, 6.45) is -0.595. The standard InChI is InChI=1S/C40H63N11O12/c1-6-20(4)31(41)37(60)46-25(12-9-13-44-40(42)43)33(56)47-26(15-22-17-45-24-11-8-7-10-23(22)24)34(57)48-27(16-30(54)55)35(58)51-32(21(5)53)38(61)50-29(18-52)36(59)49-28(39(62)63)14-19(2)3/h7-8,10-11,17,19-21,25-29,31-32,45,52-53H,6,9,12-16,18,41H2,1-5H3,(H,46,60)(H,47,56)(H,48,57)(H,49,59)(H,50,61)(H,51,58)(H,54,55)(H,62,63)(H4,42,43,44)/t20-,21+,25-,26-,27-,28-,29-,31-,32-/m0/s1. The van der Waals surface area contributed by atoms with E-state index in [0.29, 0.717) is 22.9 Å². The van der Waals surface area contributed by atoms with Crippen LogP contribution >= 0.6 is 0 Å². The lowest BCUT2D eigenvalue weighted by molar-refractivity contribution is -0.143. The largest absolute Gasteiger partial charge is 0.481 e. The van der Waals surface area contributed by atoms with Crippen molar-refractivity contribution in [3.05, 3.63) is 36.0 Å². The number of para-hydroxylation sites is 1. The van der Waals surface area contributed by atoms with Crippen molar-refractivity contribution in [2.24, 2.45) is 34.0 Å². The number of nitrogens with two attached hydrogens (primary N) is 3. The number of carboxylic acids is 2. The van der Waals surface area contributed by atoms with Crippen molar-refractivity contribution in [2.45, 2.75) is 122 Å². The summed E-state index contributed by atoms with van der Waals surface area (Å²) in [5, 5.41) is 54.4. The zero-order valence-corrected chi connectivity index (χ0v) is 36.1. The first-order chi connectivity index (χ1) is 29.6. The number of rotatable bonds is 27. The van der Waals surface area contributed by atoms with Gasteiger partial charge in [0, 0.05) is 30.1 Å². The van der Waals surface area contributed by atoms with Crippen molar-refractivity contribution < 1.29 is 58.8 Å². The second kappa shape index (κ2) is 25.6. The third-order valence-corrected chi connectivity index (χ3v) is 10.1. The number of aliphatic hydroxyl groups excluding tert-OH is 2. The second-order valence-corrected chi connectivity index (χ2v) is 15.7. The number of nitrogens with zero attached hydrogens (tertiary/aromatic N) is 1. The summed E-state index contributed by atoms with van der Waals surface area (Å²) in [5.41, 5.74) is 18.2. The van der Waals surface area contributed by atoms with Crippen LogP contribution in [0.5, 0.6) is 0 Å². The first-order valence-electron chi connectivity index (χ1n) is 20.5. The number of fused-ring (bicyclic) bond motifs is 1. The van der Waals surface area contributed by atoms with Gasteiger partial charge in [-0.25, -0.2) is 4.79 Å². The molecule has 17 N–H and O–H groups in total. The highest BCUT2D eigenvalue weighted by atomic mass is 16.4. The maximum absolute atomic E-state index is 14.2. The van der Waals surface area contributed by atoms with Gasteiger partial charge in [-0.3, -0.25) is 38.6 Å². The zero-order valence-electron chi connectivity index (χ0n) is 36.1. The Morgan fingerprint density at radius 2 is 1.30 bits per heavy atom. The second-order valence-electron chi connectivity index (χ2n) is 15.7. The van der Waals surface area contributed by atoms with Gasteiger partial charge in [0.2, 0.25) is 35.4 Å². The van der Waals surface area contributed by atoms with Crippen LogP contribution in [0.15, 0.2) is 35.5 Å². The number of aliphatic carboxylic acids is 2. The molecule has 1 aromatic heterocycles. The van der Waals surface area contributed by atoms with E-state index >= 15 is 0 Å². The third kappa shape index (κ3) is 17.2. The van der Waals surface area contributed by atoms with Gasteiger partial charge in [0.25, 0.3) is 0 Å². The SMILES string of the molecule is CC[C@H](C)[C@H](N)C(=O)N[C@@H](CCCN=C(N)N)C(=O)N[C@@H](Cc1c[nH]c2ccccc12)C(=O)N[C@@H](CC(=O)O)C(=O)N[C@H](C(=O)N[C@@H](CO)C(=O)N[C@@H](CC(C)C)C(=O)O)[C@@H](C)O. The topological polar surface area (TPSA) is 396 Å². The third-order valence-electron chi connectivity index (χ3n) is 10.1. The number of carboxylic acid groups (broad SMARTS) is 2. The number of carbonyl (C=O) groups is 8. The predicted octanol–water partition coefficient (Wildman–Crippen LogP) is -2.98. The van der Waals surface area contributed by atoms with Crippen LogP contribution < -0.4 is 49.1 Å². The molecule has 2 rings (SSSR count). The van der Waals surface area contributed by atoms with Crippen LogP contribution in [0.2, 0.25) is 0 Å². The Morgan fingerprint density at radius 1 is 0.746 bits per heavy atom. The maximum Gasteiger partial charge on any atom is 0.326 e. The summed E-state index contributed by atoms with van der Waals surface area (Å²) in [6, 6.07) is -3.67. The Hall–Kier alpha value is -6.33. The average Bonchev–Trinajstić information content (AvgIpc) is 3.62. The molecule has 0 aliphatic carbocycles. The van der Waals surface area contributed by atoms with E-state index in [9.17, 15) is 58.8 Å². The van der Waals surface area contributed by atoms with Gasteiger partial charge in [-0.05, 0) is 49.7 Å². The number of aromatic nitrogens is 1. The number of aromatic amines is 1. The molecular weight excluding hydrogens is 827 g/mol. The Kier molecular flexibility index (Phi) is 21.4. The van der Waals surface area contributed by atoms with E-state index in [1.54, 1.807) is 51.2 Å². The molecular formula is C40H63N11O12. The Bertz CT molecular complexity index is 1930. The van der Waals surface area contributed by atoms with Crippen molar-refractivity contribution in [3.8, 4) is 0 Å². The van der Waals surface area contributed by atoms with Crippen LogP contribution in [0, 0.1) is 11.8 Å². The molecule has 23 heteroatoms. The van der Waals surface area contributed by atoms with E-state index in [-0.39, 0.29) is 50.0 Å². The molecule has 0 unspecified atom stereocenters. The Morgan fingerprint density at radius 3 is 1.87 bits per heavy atom. The van der Waals surface area contributed by atoms with Crippen molar-refractivity contribution in [1.29, 1.82) is 0 Å². The molecule has 9 atom stereocenters. The minimum Gasteiger partial charge on any atom is -0.481 e. The number of carbonyl (C=O) groups excluding carboxylic acids is 6. The molecule has 1 aromatic carbocycles. The molecule has 23 nitrogen and oxygen atoms in total. The number of hydrogen-bond donors (Lipinski definition) is 14. The molecule has 1 heterocycles. The van der Waals surface area contributed by atoms with Gasteiger partial charge in [0.1, 0.15) is 36.3 Å². The maximum atomic E-state index is 14.2. The van der Waals surface area contributed by atoms with Crippen LogP contribution in [0.4, 0.5) is 0 Å². The summed E-state index contributed by atoms with van der Waals surface area (Å²) in [7, 11) is 0. The first kappa shape index (κ1) is 52.8. The normalized spacial score (nSPS) is 15.5. The van der Waals surface area contributed by atoms with Crippen LogP contribution in [-0.4, -0.2) is 140 Å². The molecule has 0 aliphatic heterocycles. The highest BCUT2D eigenvalue weighted by molar-refractivity contribution is 5.98. The summed E-state index contributed by atoms with van der Waals surface area (Å²) in [6.45, 7) is 7.19. The van der Waals surface area contributed by atoms with Crippen molar-refractivity contribution in [1.82, 2.24) is 36.9 Å². The molecule has 350 valence electrons. The fourth-order valence-corrected chi connectivity index (χ4v) is 6.29. The molecule has 0 saturated carbocycles. The number of aliphatic hydroxyl groups is 2.